The van der Waals surface area contributed by atoms with Crippen LogP contribution in [0.25, 0.3) is 0 Å². The molecule has 0 bridgehead atoms. The Kier molecular flexibility index (Phi) is 4.42. The molecule has 1 N–H and O–H groups in total. The topological polar surface area (TPSA) is 52.0 Å². The third-order valence-corrected chi connectivity index (χ3v) is 1.80. The molecule has 13 heavy (non-hydrogen) atoms. The number of aromatic nitrogens is 3. The molecule has 0 spiro atoms. The van der Waals surface area contributed by atoms with E-state index in [4.69, 9.17) is 4.74 Å². The Balaban J connectivity index is 2.47. The fraction of sp³-hybridized carbons (Fsp3) is 0.750. The highest BCUT2D eigenvalue weighted by Crippen LogP contribution is 2.01. The first kappa shape index (κ1) is 10.1. The first-order valence-electron chi connectivity index (χ1n) is 4.42. The Morgan fingerprint density at radius 3 is 3.00 bits per heavy atom. The van der Waals surface area contributed by atoms with Crippen molar-refractivity contribution in [2.24, 2.45) is 0 Å². The Hall–Kier alpha value is -0.940. The summed E-state index contributed by atoms with van der Waals surface area (Å²) in [4.78, 5) is 3.90. The molecule has 0 saturated heterocycles. The first-order chi connectivity index (χ1) is 6.38. The van der Waals surface area contributed by atoms with Crippen molar-refractivity contribution in [3.05, 3.63) is 12.7 Å². The van der Waals surface area contributed by atoms with Gasteiger partial charge < -0.3 is 10.1 Å². The average molecular weight is 184 g/mol. The highest BCUT2D eigenvalue weighted by atomic mass is 16.5. The molecule has 0 aromatic carbocycles. The van der Waals surface area contributed by atoms with Crippen molar-refractivity contribution in [3.63, 3.8) is 0 Å². The molecule has 1 atom stereocenters. The molecular formula is C8H16N4O. The molecule has 74 valence electrons. The summed E-state index contributed by atoms with van der Waals surface area (Å²) in [5.41, 5.74) is 0. The molecule has 1 aromatic rings. The van der Waals surface area contributed by atoms with Crippen molar-refractivity contribution in [2.45, 2.75) is 13.0 Å². The van der Waals surface area contributed by atoms with Gasteiger partial charge in [-0.1, -0.05) is 6.92 Å². The zero-order valence-corrected chi connectivity index (χ0v) is 8.10. The number of rotatable bonds is 6. The normalized spacial score (nSPS) is 13.1. The zero-order chi connectivity index (χ0) is 9.52. The Bertz CT molecular complexity index is 212. The molecule has 0 aliphatic heterocycles. The second-order valence-electron chi connectivity index (χ2n) is 2.79. The molecule has 5 heteroatoms. The van der Waals surface area contributed by atoms with Gasteiger partial charge in [-0.25, -0.2) is 9.67 Å². The second kappa shape index (κ2) is 5.66. The van der Waals surface area contributed by atoms with E-state index in [0.29, 0.717) is 6.61 Å². The third-order valence-electron chi connectivity index (χ3n) is 1.80. The molecule has 0 radical (unpaired) electrons. The lowest BCUT2D eigenvalue weighted by molar-refractivity contribution is 0.148. The van der Waals surface area contributed by atoms with Gasteiger partial charge in [0, 0.05) is 13.7 Å². The minimum absolute atomic E-state index is 0.229. The minimum Gasteiger partial charge on any atom is -0.382 e. The van der Waals surface area contributed by atoms with E-state index in [1.165, 1.54) is 6.33 Å². The summed E-state index contributed by atoms with van der Waals surface area (Å²) in [7, 11) is 1.69. The van der Waals surface area contributed by atoms with E-state index in [0.717, 1.165) is 13.1 Å². The number of nitrogens with one attached hydrogen (secondary N) is 1. The van der Waals surface area contributed by atoms with Gasteiger partial charge >= 0.3 is 0 Å². The summed E-state index contributed by atoms with van der Waals surface area (Å²) in [6, 6.07) is 0.229. The molecule has 5 nitrogen and oxygen atoms in total. The number of ether oxygens (including phenoxy) is 1. The summed E-state index contributed by atoms with van der Waals surface area (Å²) in [6.07, 6.45) is 3.25. The van der Waals surface area contributed by atoms with Gasteiger partial charge in [0.2, 0.25) is 0 Å². The number of likely N-dealkylation sites (N-methyl/N-ethyl adjacent to an activating group) is 1. The van der Waals surface area contributed by atoms with Crippen LogP contribution >= 0.6 is 0 Å². The largest absolute Gasteiger partial charge is 0.382 e. The fourth-order valence-electron chi connectivity index (χ4n) is 1.14. The van der Waals surface area contributed by atoms with Crippen molar-refractivity contribution in [1.82, 2.24) is 20.1 Å². The lowest BCUT2D eigenvalue weighted by Crippen LogP contribution is -2.28. The van der Waals surface area contributed by atoms with Gasteiger partial charge in [-0.2, -0.15) is 5.10 Å². The van der Waals surface area contributed by atoms with E-state index in [2.05, 4.69) is 22.3 Å². The molecule has 0 aliphatic carbocycles. The molecule has 0 amide bonds. The van der Waals surface area contributed by atoms with Crippen molar-refractivity contribution >= 4 is 0 Å². The van der Waals surface area contributed by atoms with E-state index in [1.807, 2.05) is 4.68 Å². The highest BCUT2D eigenvalue weighted by molar-refractivity contribution is 4.70. The van der Waals surface area contributed by atoms with Gasteiger partial charge in [0.15, 0.2) is 0 Å². The van der Waals surface area contributed by atoms with Crippen LogP contribution in [0.5, 0.6) is 0 Å². The van der Waals surface area contributed by atoms with Crippen molar-refractivity contribution < 1.29 is 4.74 Å². The molecule has 0 saturated carbocycles. The number of hydrogen-bond donors (Lipinski definition) is 1. The maximum atomic E-state index is 5.10. The summed E-state index contributed by atoms with van der Waals surface area (Å²) in [6.45, 7) is 4.53. The number of methoxy groups -OCH3 is 1. The van der Waals surface area contributed by atoms with Gasteiger partial charge in [0.1, 0.15) is 12.7 Å². The Labute approximate surface area is 78.1 Å². The molecule has 1 unspecified atom stereocenters. The lowest BCUT2D eigenvalue weighted by atomic mass is 10.3. The van der Waals surface area contributed by atoms with Crippen molar-refractivity contribution in [2.75, 3.05) is 26.8 Å². The van der Waals surface area contributed by atoms with Gasteiger partial charge in [0.25, 0.3) is 0 Å². The maximum absolute atomic E-state index is 5.10. The van der Waals surface area contributed by atoms with E-state index in [-0.39, 0.29) is 6.04 Å². The van der Waals surface area contributed by atoms with Gasteiger partial charge in [-0.05, 0) is 6.54 Å². The van der Waals surface area contributed by atoms with Crippen LogP contribution in [0.2, 0.25) is 0 Å². The lowest BCUT2D eigenvalue weighted by Gasteiger charge is -2.15. The smallest absolute Gasteiger partial charge is 0.137 e. The number of hydrogen-bond acceptors (Lipinski definition) is 4. The summed E-state index contributed by atoms with van der Waals surface area (Å²) in [5.74, 6) is 0. The highest BCUT2D eigenvalue weighted by Gasteiger charge is 2.09. The van der Waals surface area contributed by atoms with Crippen LogP contribution in [-0.4, -0.2) is 41.6 Å². The quantitative estimate of drug-likeness (QED) is 0.680. The zero-order valence-electron chi connectivity index (χ0n) is 8.10. The Morgan fingerprint density at radius 2 is 2.46 bits per heavy atom. The van der Waals surface area contributed by atoms with Crippen LogP contribution in [0.3, 0.4) is 0 Å². The van der Waals surface area contributed by atoms with Crippen LogP contribution < -0.4 is 5.32 Å². The number of nitrogens with zero attached hydrogens (tertiary/aromatic N) is 3. The molecule has 1 aromatic heterocycles. The molecule has 1 rings (SSSR count). The van der Waals surface area contributed by atoms with E-state index < -0.39 is 0 Å². The van der Waals surface area contributed by atoms with E-state index in [1.54, 1.807) is 13.4 Å². The first-order valence-corrected chi connectivity index (χ1v) is 4.42. The van der Waals surface area contributed by atoms with Crippen molar-refractivity contribution in [1.29, 1.82) is 0 Å². The van der Waals surface area contributed by atoms with Crippen LogP contribution in [0.15, 0.2) is 12.7 Å². The van der Waals surface area contributed by atoms with Crippen molar-refractivity contribution in [3.8, 4) is 0 Å². The SMILES string of the molecule is CCNCC(COC)n1cncn1. The van der Waals surface area contributed by atoms with Crippen LogP contribution in [0.1, 0.15) is 13.0 Å². The summed E-state index contributed by atoms with van der Waals surface area (Å²) in [5, 5.41) is 7.33. The van der Waals surface area contributed by atoms with E-state index in [9.17, 15) is 0 Å². The monoisotopic (exact) mass is 184 g/mol. The molecular weight excluding hydrogens is 168 g/mol. The third kappa shape index (κ3) is 3.12. The van der Waals surface area contributed by atoms with Gasteiger partial charge in [0.05, 0.1) is 12.6 Å². The van der Waals surface area contributed by atoms with Gasteiger partial charge in [-0.3, -0.25) is 0 Å². The maximum Gasteiger partial charge on any atom is 0.137 e. The summed E-state index contributed by atoms with van der Waals surface area (Å²) < 4.78 is 6.91. The second-order valence-corrected chi connectivity index (χ2v) is 2.79. The minimum atomic E-state index is 0.229. The van der Waals surface area contributed by atoms with Crippen LogP contribution in [0.4, 0.5) is 0 Å². The fourth-order valence-corrected chi connectivity index (χ4v) is 1.14. The van der Waals surface area contributed by atoms with Gasteiger partial charge in [-0.15, -0.1) is 0 Å². The Morgan fingerprint density at radius 1 is 1.62 bits per heavy atom. The molecule has 0 aliphatic rings. The predicted octanol–water partition coefficient (Wildman–Crippen LogP) is 0.0751. The standard InChI is InChI=1S/C8H16N4O/c1-3-9-4-8(5-13-2)12-7-10-6-11-12/h6-9H,3-5H2,1-2H3. The average Bonchev–Trinajstić information content (AvgIpc) is 2.65. The molecule has 0 fully saturated rings. The predicted molar refractivity (Wildman–Crippen MR) is 49.5 cm³/mol. The van der Waals surface area contributed by atoms with Crippen LogP contribution in [-0.2, 0) is 4.74 Å². The summed E-state index contributed by atoms with van der Waals surface area (Å²) >= 11 is 0. The van der Waals surface area contributed by atoms with E-state index >= 15 is 0 Å². The molecule has 1 heterocycles. The van der Waals surface area contributed by atoms with Crippen LogP contribution in [0, 0.1) is 0 Å².